The van der Waals surface area contributed by atoms with Crippen molar-refractivity contribution in [3.63, 3.8) is 0 Å². The summed E-state index contributed by atoms with van der Waals surface area (Å²) in [4.78, 5) is 46.3. The predicted molar refractivity (Wildman–Crippen MR) is 305 cm³/mol. The van der Waals surface area contributed by atoms with Crippen molar-refractivity contribution in [3.05, 3.63) is 41.9 Å². The number of aromatic nitrogens is 4. The molecule has 2 aromatic rings. The van der Waals surface area contributed by atoms with Gasteiger partial charge in [-0.15, -0.1) is 0 Å². The lowest BCUT2D eigenvalue weighted by Crippen LogP contribution is -2.75. The lowest BCUT2D eigenvalue weighted by molar-refractivity contribution is -0.343. The van der Waals surface area contributed by atoms with Gasteiger partial charge in [0.25, 0.3) is 0 Å². The van der Waals surface area contributed by atoms with Crippen LogP contribution in [-0.2, 0) is 25.5 Å². The largest absolute Gasteiger partial charge is 0.481 e. The molecule has 464 valence electrons. The Hall–Kier alpha value is -4.06. The lowest BCUT2D eigenvalue weighted by atomic mass is 9.28. The first kappa shape index (κ1) is 60.2. The van der Waals surface area contributed by atoms with Gasteiger partial charge in [0.1, 0.15) is 30.4 Å². The first-order valence-corrected chi connectivity index (χ1v) is 31.2. The number of nitrogens with zero attached hydrogens (tertiary/aromatic N) is 2. The minimum atomic E-state index is -1.72. The zero-order valence-corrected chi connectivity index (χ0v) is 49.5. The number of nitrogens with one attached hydrogen (secondary N) is 6. The van der Waals surface area contributed by atoms with E-state index in [1.54, 1.807) is 12.5 Å². The maximum atomic E-state index is 15.8. The highest BCUT2D eigenvalue weighted by Crippen LogP contribution is 2.80. The Kier molecular flexibility index (Phi) is 15.5. The van der Waals surface area contributed by atoms with E-state index in [4.69, 9.17) is 20.2 Å². The number of aromatic amines is 2. The smallest absolute Gasteiger partial charge is 0.310 e. The van der Waals surface area contributed by atoms with E-state index in [-0.39, 0.29) is 38.0 Å². The van der Waals surface area contributed by atoms with Gasteiger partial charge in [0.05, 0.1) is 60.7 Å². The number of rotatable bonds is 15. The van der Waals surface area contributed by atoms with Crippen LogP contribution in [0.15, 0.2) is 30.5 Å². The molecule has 0 bridgehead atoms. The van der Waals surface area contributed by atoms with Gasteiger partial charge < -0.3 is 92.4 Å². The Morgan fingerprint density at radius 1 is 0.940 bits per heavy atom. The second-order valence-electron chi connectivity index (χ2n) is 29.0. The third-order valence-electron chi connectivity index (χ3n) is 25.6. The van der Waals surface area contributed by atoms with E-state index in [2.05, 4.69) is 81.8 Å². The summed E-state index contributed by atoms with van der Waals surface area (Å²) in [6.45, 7) is 11.7. The molecule has 84 heavy (non-hydrogen) atoms. The molecule has 17 N–H and O–H groups in total. The highest BCUT2D eigenvalue weighted by Gasteiger charge is 2.79. The molecule has 5 heterocycles. The molecule has 2 aromatic heterocycles. The number of H-pyrrole nitrogens is 2. The van der Waals surface area contributed by atoms with Gasteiger partial charge in [0, 0.05) is 79.8 Å². The SMILES string of the molecule is CNCCNCC(C(N)O)C(O)C(c1cnc[nH]1)C1NC(=O)C23CCCC2C#CC2C=C4C5CC(C)(CO)CCC5(C(=O)O)C5CNc6nc[nH]c6CC5C4(C)C4(C)CCC5C(C)(CO)C(OC6OCC(O)C(O)C6O)C(O)C(CC13)C5(C)C24. The Labute approximate surface area is 491 Å². The molecule has 27 atom stereocenters. The van der Waals surface area contributed by atoms with Crippen LogP contribution in [0.2, 0.25) is 0 Å². The van der Waals surface area contributed by atoms with Gasteiger partial charge >= 0.3 is 5.97 Å². The van der Waals surface area contributed by atoms with Crippen molar-refractivity contribution < 1.29 is 65.0 Å². The van der Waals surface area contributed by atoms with Crippen molar-refractivity contribution in [1.29, 1.82) is 0 Å². The molecular formula is C62H93N9O13. The Bertz CT molecular complexity index is 2880. The number of nitrogens with two attached hydrogens (primary N) is 1. The number of ether oxygens (including phenoxy) is 2. The number of hydrogen-bond acceptors (Lipinski definition) is 18. The van der Waals surface area contributed by atoms with E-state index in [1.165, 1.54) is 6.33 Å². The standard InChI is InChI=1S/C62H93N9O13/c1-56(26-72)14-15-62(55(81)82)37(21-56)33-18-30-9-10-31-8-7-12-61(31)35(44(71-54(61)80)43(40-24-66-28-68-40)45(75)32(51(63)79)22-65-17-16-64-6)19-36-46(76)50(84-53-48(78)47(77)41(74)25-83-53)57(2,27-73)42-11-13-58(3,49(30)59(36,42)4)60(33,5)34-20-39-52(70-29-69-39)67-23-38(34)62/h18,24,28-32,34-38,41-51,53,64-65,67,72-79H,7-8,11-17,19-23,25-27,63H2,1-6H3,(H,66,68)(H,69,70)(H,71,80)(H,81,82). The number of fused-ring (bicyclic) bond motifs is 8. The number of hydrogen-bond donors (Lipinski definition) is 16. The maximum Gasteiger partial charge on any atom is 0.310 e. The van der Waals surface area contributed by atoms with Crippen LogP contribution in [0, 0.1) is 109 Å². The van der Waals surface area contributed by atoms with Crippen LogP contribution in [-0.4, -0.2) is 186 Å². The van der Waals surface area contributed by atoms with Crippen molar-refractivity contribution in [1.82, 2.24) is 35.9 Å². The van der Waals surface area contributed by atoms with Crippen LogP contribution in [0.25, 0.3) is 0 Å². The van der Waals surface area contributed by atoms with Gasteiger partial charge in [0.2, 0.25) is 5.91 Å². The summed E-state index contributed by atoms with van der Waals surface area (Å²) in [5.74, 6) is 1.06. The fraction of sp³-hybridized carbons (Fsp3) is 0.806. The number of allylic oxidation sites excluding steroid dienone is 2. The number of carbonyl (C=O) groups excluding carboxylic acids is 1. The first-order chi connectivity index (χ1) is 40.0. The topological polar surface area (TPSA) is 366 Å². The third-order valence-corrected chi connectivity index (χ3v) is 25.6. The molecule has 5 saturated carbocycles. The highest BCUT2D eigenvalue weighted by atomic mass is 16.7. The molecular weight excluding hydrogens is 1080 g/mol. The van der Waals surface area contributed by atoms with Gasteiger partial charge in [-0.1, -0.05) is 64.5 Å². The zero-order valence-electron chi connectivity index (χ0n) is 49.5. The molecule has 1 spiro atoms. The molecule has 0 radical (unpaired) electrons. The van der Waals surface area contributed by atoms with E-state index in [9.17, 15) is 50.8 Å². The van der Waals surface area contributed by atoms with Gasteiger partial charge in [-0.3, -0.25) is 9.59 Å². The molecule has 12 rings (SSSR count). The molecule has 0 aromatic carbocycles. The number of carboxylic acids is 1. The van der Waals surface area contributed by atoms with E-state index in [0.29, 0.717) is 88.9 Å². The molecule has 27 unspecified atom stereocenters. The number of carbonyl (C=O) groups is 2. The van der Waals surface area contributed by atoms with Crippen molar-refractivity contribution in [2.75, 3.05) is 58.4 Å². The molecule has 7 aliphatic carbocycles. The van der Waals surface area contributed by atoms with Crippen molar-refractivity contribution in [3.8, 4) is 11.8 Å². The molecule has 22 nitrogen and oxygen atoms in total. The molecule has 3 aliphatic heterocycles. The molecule has 2 saturated heterocycles. The van der Waals surface area contributed by atoms with Crippen LogP contribution in [0.3, 0.4) is 0 Å². The predicted octanol–water partition coefficient (Wildman–Crippen LogP) is 0.787. The molecule has 7 fully saturated rings. The van der Waals surface area contributed by atoms with Gasteiger partial charge in [-0.25, -0.2) is 9.97 Å². The average molecular weight is 1170 g/mol. The van der Waals surface area contributed by atoms with Crippen molar-refractivity contribution >= 4 is 17.7 Å². The number of aliphatic hydroxyl groups is 8. The molecule has 10 aliphatic rings. The van der Waals surface area contributed by atoms with Crippen LogP contribution in [0.1, 0.15) is 110 Å². The van der Waals surface area contributed by atoms with Crippen LogP contribution < -0.4 is 27.0 Å². The minimum Gasteiger partial charge on any atom is -0.481 e. The highest BCUT2D eigenvalue weighted by molar-refractivity contribution is 5.87. The second kappa shape index (κ2) is 21.6. The number of imidazole rings is 2. The number of aliphatic hydroxyl groups excluding tert-OH is 8. The molecule has 1 amide bonds. The Morgan fingerprint density at radius 3 is 2.43 bits per heavy atom. The van der Waals surface area contributed by atoms with E-state index in [0.717, 1.165) is 11.3 Å². The number of likely N-dealkylation sites (N-methyl/N-ethyl adjacent to an activating group) is 1. The zero-order chi connectivity index (χ0) is 59.8. The van der Waals surface area contributed by atoms with Crippen LogP contribution in [0.4, 0.5) is 5.82 Å². The lowest BCUT2D eigenvalue weighted by Gasteiger charge is -2.76. The minimum absolute atomic E-state index is 0.106. The summed E-state index contributed by atoms with van der Waals surface area (Å²) >= 11 is 0. The summed E-state index contributed by atoms with van der Waals surface area (Å²) < 4.78 is 12.8. The quantitative estimate of drug-likeness (QED) is 0.0385. The normalized spacial score (nSPS) is 47.8. The van der Waals surface area contributed by atoms with E-state index < -0.39 is 165 Å². The number of amides is 1. The summed E-state index contributed by atoms with van der Waals surface area (Å²) in [5, 5.41) is 121. The fourth-order valence-electron chi connectivity index (χ4n) is 21.3. The number of anilines is 1. The maximum absolute atomic E-state index is 15.8. The van der Waals surface area contributed by atoms with Crippen molar-refractivity contribution in [2.45, 2.75) is 160 Å². The average Bonchev–Trinajstić information content (AvgIpc) is 0.675. The Morgan fingerprint density at radius 2 is 1.73 bits per heavy atom. The number of carboxylic acid groups (broad SMARTS) is 1. The van der Waals surface area contributed by atoms with E-state index >= 15 is 4.79 Å². The van der Waals surface area contributed by atoms with Gasteiger partial charge in [-0.05, 0) is 128 Å². The third kappa shape index (κ3) is 8.43. The Balaban J connectivity index is 1.10. The van der Waals surface area contributed by atoms with Crippen LogP contribution >= 0.6 is 0 Å². The first-order valence-electron chi connectivity index (χ1n) is 31.2. The fourth-order valence-corrected chi connectivity index (χ4v) is 21.3. The van der Waals surface area contributed by atoms with Crippen LogP contribution in [0.5, 0.6) is 0 Å². The monoisotopic (exact) mass is 1170 g/mol. The number of aliphatic carboxylic acids is 1. The summed E-state index contributed by atoms with van der Waals surface area (Å²) in [5.41, 5.74) is 2.15. The van der Waals surface area contributed by atoms with E-state index in [1.807, 2.05) is 14.0 Å². The molecule has 22 heteroatoms. The second-order valence-corrected chi connectivity index (χ2v) is 29.0. The van der Waals surface area contributed by atoms with Gasteiger partial charge in [-0.2, -0.15) is 0 Å². The van der Waals surface area contributed by atoms with Gasteiger partial charge in [0.15, 0.2) is 6.29 Å². The summed E-state index contributed by atoms with van der Waals surface area (Å²) in [6.07, 6.45) is 0.152. The van der Waals surface area contributed by atoms with Crippen molar-refractivity contribution in [2.24, 2.45) is 103 Å². The summed E-state index contributed by atoms with van der Waals surface area (Å²) in [7, 11) is 1.83. The summed E-state index contributed by atoms with van der Waals surface area (Å²) in [6, 6.07) is -0.841.